The number of fused-ring (bicyclic) bond motifs is 1. The van der Waals surface area contributed by atoms with Gasteiger partial charge in [-0.2, -0.15) is 0 Å². The van der Waals surface area contributed by atoms with Crippen LogP contribution in [0.1, 0.15) is 81.1 Å². The van der Waals surface area contributed by atoms with E-state index in [9.17, 15) is 14.7 Å². The minimum Gasteiger partial charge on any atom is -0.394 e. The first-order chi connectivity index (χ1) is 14.7. The highest BCUT2D eigenvalue weighted by molar-refractivity contribution is 6.00. The minimum atomic E-state index is -0.953. The number of nitrogens with one attached hydrogen (secondary N) is 3. The van der Waals surface area contributed by atoms with Gasteiger partial charge >= 0.3 is 0 Å². The van der Waals surface area contributed by atoms with E-state index in [4.69, 9.17) is 0 Å². The van der Waals surface area contributed by atoms with Crippen LogP contribution in [0.4, 0.5) is 0 Å². The highest BCUT2D eigenvalue weighted by Gasteiger charge is 2.23. The van der Waals surface area contributed by atoms with E-state index in [1.165, 1.54) is 44.9 Å². The number of carbonyl (C=O) groups excluding carboxylic acids is 2. The molecule has 0 spiro atoms. The van der Waals surface area contributed by atoms with Crippen molar-refractivity contribution in [2.45, 2.75) is 82.7 Å². The molecule has 1 heterocycles. The van der Waals surface area contributed by atoms with Crippen LogP contribution in [0.25, 0.3) is 10.9 Å². The summed E-state index contributed by atoms with van der Waals surface area (Å²) < 4.78 is 0. The van der Waals surface area contributed by atoms with Crippen LogP contribution in [0.2, 0.25) is 0 Å². The Hall–Kier alpha value is -2.34. The summed E-state index contributed by atoms with van der Waals surface area (Å²) in [4.78, 5) is 28.4. The zero-order valence-electron chi connectivity index (χ0n) is 17.8. The van der Waals surface area contributed by atoms with Crippen molar-refractivity contribution >= 4 is 22.7 Å². The molecule has 1 aromatic carbocycles. The van der Waals surface area contributed by atoms with Crippen LogP contribution >= 0.6 is 0 Å². The number of hydrogen-bond acceptors (Lipinski definition) is 3. The molecule has 1 saturated carbocycles. The lowest BCUT2D eigenvalue weighted by Crippen LogP contribution is -2.51. The average Bonchev–Trinajstić information content (AvgIpc) is 3.18. The van der Waals surface area contributed by atoms with E-state index in [0.717, 1.165) is 36.6 Å². The van der Waals surface area contributed by atoms with Gasteiger partial charge in [0.05, 0.1) is 6.61 Å². The molecule has 1 unspecified atom stereocenters. The Kier molecular flexibility index (Phi) is 8.75. The number of aliphatic hydroxyl groups excluding tert-OH is 1. The van der Waals surface area contributed by atoms with Crippen LogP contribution in [0.5, 0.6) is 0 Å². The van der Waals surface area contributed by atoms with Crippen molar-refractivity contribution in [3.8, 4) is 0 Å². The number of carbonyl (C=O) groups is 2. The number of para-hydroxylation sites is 1. The molecule has 1 aliphatic carbocycles. The lowest BCUT2D eigenvalue weighted by molar-refractivity contribution is -0.124. The molecule has 6 nitrogen and oxygen atoms in total. The maximum Gasteiger partial charge on any atom is 0.268 e. The zero-order valence-corrected chi connectivity index (χ0v) is 17.8. The van der Waals surface area contributed by atoms with Crippen LogP contribution in [0.3, 0.4) is 0 Å². The largest absolute Gasteiger partial charge is 0.394 e. The topological polar surface area (TPSA) is 94.2 Å². The molecule has 1 atom stereocenters. The maximum atomic E-state index is 12.8. The first-order valence-corrected chi connectivity index (χ1v) is 11.5. The van der Waals surface area contributed by atoms with E-state index in [1.54, 1.807) is 6.07 Å². The molecule has 1 aliphatic rings. The van der Waals surface area contributed by atoms with Crippen molar-refractivity contribution < 1.29 is 14.7 Å². The maximum absolute atomic E-state index is 12.8. The van der Waals surface area contributed by atoms with Crippen molar-refractivity contribution in [3.63, 3.8) is 0 Å². The molecule has 0 saturated heterocycles. The van der Waals surface area contributed by atoms with Crippen LogP contribution in [0, 0.1) is 0 Å². The number of amides is 2. The fourth-order valence-corrected chi connectivity index (χ4v) is 4.24. The third-order valence-electron chi connectivity index (χ3n) is 6.03. The second-order valence-corrected chi connectivity index (χ2v) is 8.44. The number of hydrogen-bond donors (Lipinski definition) is 4. The van der Waals surface area contributed by atoms with Gasteiger partial charge in [-0.25, -0.2) is 0 Å². The summed E-state index contributed by atoms with van der Waals surface area (Å²) in [6.07, 6.45) is 13.0. The van der Waals surface area contributed by atoms with E-state index >= 15 is 0 Å². The molecule has 0 bridgehead atoms. The van der Waals surface area contributed by atoms with Gasteiger partial charge < -0.3 is 20.7 Å². The fraction of sp³-hybridized carbons (Fsp3) is 0.583. The zero-order chi connectivity index (χ0) is 21.2. The summed E-state index contributed by atoms with van der Waals surface area (Å²) in [5.41, 5.74) is 1.24. The Morgan fingerprint density at radius 3 is 2.17 bits per heavy atom. The lowest BCUT2D eigenvalue weighted by atomic mass is 9.97. The van der Waals surface area contributed by atoms with Crippen LogP contribution in [0.15, 0.2) is 30.3 Å². The third-order valence-corrected chi connectivity index (χ3v) is 6.03. The SMILES string of the molecule is O=C(NC(CO)C(=O)NC1CCCCCCCCCCC1)c1cc2ccccc2[nH]1. The summed E-state index contributed by atoms with van der Waals surface area (Å²) in [5.74, 6) is -0.696. The molecule has 0 aliphatic heterocycles. The molecule has 3 rings (SSSR count). The standard InChI is InChI=1S/C24H35N3O3/c28-17-22(27-23(29)21-16-18-12-10-11-15-20(18)26-21)24(30)25-19-13-8-6-4-2-1-3-5-7-9-14-19/h10-12,15-16,19,22,26,28H,1-9,13-14,17H2,(H,25,30)(H,27,29). The monoisotopic (exact) mass is 413 g/mol. The van der Waals surface area contributed by atoms with Crippen molar-refractivity contribution in [2.24, 2.45) is 0 Å². The van der Waals surface area contributed by atoms with Crippen molar-refractivity contribution in [3.05, 3.63) is 36.0 Å². The quantitative estimate of drug-likeness (QED) is 0.596. The van der Waals surface area contributed by atoms with Gasteiger partial charge in [0.2, 0.25) is 5.91 Å². The molecule has 30 heavy (non-hydrogen) atoms. The summed E-state index contributed by atoms with van der Waals surface area (Å²) in [5, 5.41) is 16.4. The summed E-state index contributed by atoms with van der Waals surface area (Å²) in [6, 6.07) is 8.53. The summed E-state index contributed by atoms with van der Waals surface area (Å²) >= 11 is 0. The van der Waals surface area contributed by atoms with Crippen molar-refractivity contribution in [2.75, 3.05) is 6.61 Å². The normalized spacial score (nSPS) is 18.2. The van der Waals surface area contributed by atoms with E-state index < -0.39 is 12.6 Å². The summed E-state index contributed by atoms with van der Waals surface area (Å²) in [6.45, 7) is -0.426. The molecule has 6 heteroatoms. The number of rotatable bonds is 5. The molecule has 0 radical (unpaired) electrons. The summed E-state index contributed by atoms with van der Waals surface area (Å²) in [7, 11) is 0. The average molecular weight is 414 g/mol. The van der Waals surface area contributed by atoms with Crippen LogP contribution < -0.4 is 10.6 Å². The van der Waals surface area contributed by atoms with E-state index in [2.05, 4.69) is 15.6 Å². The van der Waals surface area contributed by atoms with Gasteiger partial charge in [0, 0.05) is 16.9 Å². The molecule has 4 N–H and O–H groups in total. The third kappa shape index (κ3) is 6.59. The van der Waals surface area contributed by atoms with Crippen molar-refractivity contribution in [1.29, 1.82) is 0 Å². The Labute approximate surface area is 178 Å². The molecule has 2 amide bonds. The number of benzene rings is 1. The molecule has 2 aromatic rings. The van der Waals surface area contributed by atoms with Crippen LogP contribution in [-0.2, 0) is 4.79 Å². The highest BCUT2D eigenvalue weighted by atomic mass is 16.3. The minimum absolute atomic E-state index is 0.107. The molecule has 1 aromatic heterocycles. The second-order valence-electron chi connectivity index (χ2n) is 8.44. The van der Waals surface area contributed by atoms with Gasteiger partial charge in [0.1, 0.15) is 11.7 Å². The highest BCUT2D eigenvalue weighted by Crippen LogP contribution is 2.17. The number of H-pyrrole nitrogens is 1. The van der Waals surface area contributed by atoms with Gasteiger partial charge in [-0.15, -0.1) is 0 Å². The number of aromatic nitrogens is 1. The van der Waals surface area contributed by atoms with Gasteiger partial charge in [-0.05, 0) is 25.0 Å². The molecular formula is C24H35N3O3. The first kappa shape index (κ1) is 22.3. The number of aromatic amines is 1. The predicted octanol–water partition coefficient (Wildman–Crippen LogP) is 4.05. The second kappa shape index (κ2) is 11.7. The van der Waals surface area contributed by atoms with Gasteiger partial charge in [0.25, 0.3) is 5.91 Å². The Bertz CT molecular complexity index is 772. The lowest BCUT2D eigenvalue weighted by Gasteiger charge is -2.23. The number of aliphatic hydroxyl groups is 1. The van der Waals surface area contributed by atoms with Gasteiger partial charge in [-0.3, -0.25) is 9.59 Å². The Morgan fingerprint density at radius 2 is 1.57 bits per heavy atom. The van der Waals surface area contributed by atoms with E-state index in [0.29, 0.717) is 5.69 Å². The van der Waals surface area contributed by atoms with E-state index in [-0.39, 0.29) is 17.9 Å². The smallest absolute Gasteiger partial charge is 0.268 e. The fourth-order valence-electron chi connectivity index (χ4n) is 4.24. The van der Waals surface area contributed by atoms with Crippen LogP contribution in [-0.4, -0.2) is 40.6 Å². The Balaban J connectivity index is 1.56. The van der Waals surface area contributed by atoms with Gasteiger partial charge in [-0.1, -0.05) is 76.0 Å². The Morgan fingerprint density at radius 1 is 0.967 bits per heavy atom. The molecule has 164 valence electrons. The predicted molar refractivity (Wildman–Crippen MR) is 119 cm³/mol. The van der Waals surface area contributed by atoms with Gasteiger partial charge in [0.15, 0.2) is 0 Å². The van der Waals surface area contributed by atoms with E-state index in [1.807, 2.05) is 24.3 Å². The van der Waals surface area contributed by atoms with Crippen molar-refractivity contribution in [1.82, 2.24) is 15.6 Å². The molecule has 1 fully saturated rings. The molecular weight excluding hydrogens is 378 g/mol. The first-order valence-electron chi connectivity index (χ1n) is 11.5.